The molecule has 1 atom stereocenters. The number of pyridine rings is 1. The molecule has 1 N–H and O–H groups in total. The van der Waals surface area contributed by atoms with E-state index >= 15 is 0 Å². The summed E-state index contributed by atoms with van der Waals surface area (Å²) in [6.45, 7) is 2.94. The third-order valence-corrected chi connectivity index (χ3v) is 3.17. The Morgan fingerprint density at radius 1 is 1.47 bits per heavy atom. The van der Waals surface area contributed by atoms with Crippen LogP contribution in [0.4, 0.5) is 0 Å². The lowest BCUT2D eigenvalue weighted by molar-refractivity contribution is 0.585. The van der Waals surface area contributed by atoms with Gasteiger partial charge in [-0.05, 0) is 40.7 Å². The molecule has 0 aromatic carbocycles. The van der Waals surface area contributed by atoms with Crippen molar-refractivity contribution in [2.24, 2.45) is 7.05 Å². The molecule has 0 saturated carbocycles. The normalized spacial score (nSPS) is 12.6. The summed E-state index contributed by atoms with van der Waals surface area (Å²) in [5.41, 5.74) is 1.95. The monoisotopic (exact) mass is 294 g/mol. The molecule has 4 nitrogen and oxygen atoms in total. The zero-order chi connectivity index (χ0) is 12.3. The number of hydrogen-bond acceptors (Lipinski definition) is 3. The SMILES string of the molecule is CCNC(c1ccn(C)n1)c1ncccc1Br. The largest absolute Gasteiger partial charge is 0.304 e. The average Bonchev–Trinajstić information content (AvgIpc) is 2.74. The van der Waals surface area contributed by atoms with E-state index in [-0.39, 0.29) is 6.04 Å². The zero-order valence-corrected chi connectivity index (χ0v) is 11.5. The summed E-state index contributed by atoms with van der Waals surface area (Å²) in [7, 11) is 1.92. The van der Waals surface area contributed by atoms with Crippen molar-refractivity contribution in [2.75, 3.05) is 6.54 Å². The van der Waals surface area contributed by atoms with E-state index in [0.717, 1.165) is 22.4 Å². The Morgan fingerprint density at radius 2 is 2.29 bits per heavy atom. The molecule has 5 heteroatoms. The number of rotatable bonds is 4. The Labute approximate surface area is 109 Å². The Hall–Kier alpha value is -1.20. The molecule has 0 aliphatic heterocycles. The van der Waals surface area contributed by atoms with Crippen molar-refractivity contribution in [3.05, 3.63) is 46.5 Å². The fourth-order valence-electron chi connectivity index (χ4n) is 1.74. The summed E-state index contributed by atoms with van der Waals surface area (Å²) in [5, 5.41) is 7.84. The molecular weight excluding hydrogens is 280 g/mol. The molecule has 17 heavy (non-hydrogen) atoms. The summed E-state index contributed by atoms with van der Waals surface area (Å²) in [6, 6.07) is 5.94. The van der Waals surface area contributed by atoms with Crippen molar-refractivity contribution in [1.29, 1.82) is 0 Å². The molecule has 2 aromatic heterocycles. The first-order valence-electron chi connectivity index (χ1n) is 5.55. The highest BCUT2D eigenvalue weighted by atomic mass is 79.9. The smallest absolute Gasteiger partial charge is 0.0955 e. The second kappa shape index (κ2) is 5.42. The van der Waals surface area contributed by atoms with Crippen LogP contribution in [0.5, 0.6) is 0 Å². The molecule has 0 saturated heterocycles. The molecule has 0 fully saturated rings. The van der Waals surface area contributed by atoms with Crippen LogP contribution in [0.25, 0.3) is 0 Å². The highest BCUT2D eigenvalue weighted by Crippen LogP contribution is 2.25. The standard InChI is InChI=1S/C12H15BrN4/c1-3-14-12(10-6-8-17(2)16-10)11-9(13)5-4-7-15-11/h4-8,12,14H,3H2,1-2H3. The summed E-state index contributed by atoms with van der Waals surface area (Å²) >= 11 is 3.53. The Kier molecular flexibility index (Phi) is 3.91. The van der Waals surface area contributed by atoms with Crippen molar-refractivity contribution in [3.63, 3.8) is 0 Å². The van der Waals surface area contributed by atoms with Gasteiger partial charge in [-0.25, -0.2) is 0 Å². The molecule has 1 unspecified atom stereocenters. The Morgan fingerprint density at radius 3 is 2.88 bits per heavy atom. The van der Waals surface area contributed by atoms with E-state index < -0.39 is 0 Å². The van der Waals surface area contributed by atoms with Gasteiger partial charge >= 0.3 is 0 Å². The third kappa shape index (κ3) is 2.73. The third-order valence-electron chi connectivity index (χ3n) is 2.50. The minimum Gasteiger partial charge on any atom is -0.304 e. The van der Waals surface area contributed by atoms with Crippen molar-refractivity contribution in [1.82, 2.24) is 20.1 Å². The van der Waals surface area contributed by atoms with Gasteiger partial charge in [0.15, 0.2) is 0 Å². The number of nitrogens with one attached hydrogen (secondary N) is 1. The second-order valence-electron chi connectivity index (χ2n) is 3.78. The molecule has 2 rings (SSSR count). The van der Waals surface area contributed by atoms with Gasteiger partial charge in [-0.15, -0.1) is 0 Å². The van der Waals surface area contributed by atoms with Crippen LogP contribution in [0, 0.1) is 0 Å². The molecule has 2 aromatic rings. The van der Waals surface area contributed by atoms with E-state index in [1.165, 1.54) is 0 Å². The van der Waals surface area contributed by atoms with Gasteiger partial charge in [0.2, 0.25) is 0 Å². The molecular formula is C12H15BrN4. The molecule has 0 aliphatic rings. The van der Waals surface area contributed by atoms with Crippen LogP contribution in [-0.4, -0.2) is 21.3 Å². The molecule has 0 amide bonds. The maximum Gasteiger partial charge on any atom is 0.0955 e. The van der Waals surface area contributed by atoms with Crippen molar-refractivity contribution in [2.45, 2.75) is 13.0 Å². The second-order valence-corrected chi connectivity index (χ2v) is 4.63. The minimum atomic E-state index is 0.0248. The maximum absolute atomic E-state index is 4.44. The fraction of sp³-hybridized carbons (Fsp3) is 0.333. The highest BCUT2D eigenvalue weighted by molar-refractivity contribution is 9.10. The van der Waals surface area contributed by atoms with Crippen molar-refractivity contribution < 1.29 is 0 Å². The van der Waals surface area contributed by atoms with Crippen molar-refractivity contribution in [3.8, 4) is 0 Å². The van der Waals surface area contributed by atoms with Gasteiger partial charge in [0, 0.05) is 23.9 Å². The Balaban J connectivity index is 2.39. The van der Waals surface area contributed by atoms with Gasteiger partial charge in [-0.1, -0.05) is 6.92 Å². The summed E-state index contributed by atoms with van der Waals surface area (Å²) < 4.78 is 2.80. The van der Waals surface area contributed by atoms with E-state index in [4.69, 9.17) is 0 Å². The summed E-state index contributed by atoms with van der Waals surface area (Å²) in [6.07, 6.45) is 3.74. The van der Waals surface area contributed by atoms with Gasteiger partial charge in [0.1, 0.15) is 0 Å². The molecule has 0 radical (unpaired) electrons. The van der Waals surface area contributed by atoms with Crippen LogP contribution in [0.2, 0.25) is 0 Å². The number of nitrogens with zero attached hydrogens (tertiary/aromatic N) is 3. The number of halogens is 1. The molecule has 0 bridgehead atoms. The predicted molar refractivity (Wildman–Crippen MR) is 70.7 cm³/mol. The zero-order valence-electron chi connectivity index (χ0n) is 9.89. The molecule has 2 heterocycles. The highest BCUT2D eigenvalue weighted by Gasteiger charge is 2.19. The van der Waals surface area contributed by atoms with Crippen LogP contribution >= 0.6 is 15.9 Å². The van der Waals surface area contributed by atoms with Crippen molar-refractivity contribution >= 4 is 15.9 Å². The summed E-state index contributed by atoms with van der Waals surface area (Å²) in [4.78, 5) is 4.42. The number of aromatic nitrogens is 3. The van der Waals surface area contributed by atoms with E-state index in [0.29, 0.717) is 0 Å². The van der Waals surface area contributed by atoms with Crippen LogP contribution in [0.3, 0.4) is 0 Å². The molecule has 0 aliphatic carbocycles. The van der Waals surface area contributed by atoms with Gasteiger partial charge in [0.05, 0.1) is 17.4 Å². The van der Waals surface area contributed by atoms with Gasteiger partial charge in [-0.2, -0.15) is 5.10 Å². The lowest BCUT2D eigenvalue weighted by Crippen LogP contribution is -2.24. The van der Waals surface area contributed by atoms with Crippen LogP contribution < -0.4 is 5.32 Å². The first-order chi connectivity index (χ1) is 8.22. The first kappa shape index (κ1) is 12.3. The number of aryl methyl sites for hydroxylation is 1. The minimum absolute atomic E-state index is 0.0248. The van der Waals surface area contributed by atoms with Gasteiger partial charge < -0.3 is 5.32 Å². The lowest BCUT2D eigenvalue weighted by Gasteiger charge is -2.16. The average molecular weight is 295 g/mol. The molecule has 0 spiro atoms. The predicted octanol–water partition coefficient (Wildman–Crippen LogP) is 2.28. The van der Waals surface area contributed by atoms with Gasteiger partial charge in [0.25, 0.3) is 0 Å². The van der Waals surface area contributed by atoms with E-state index in [1.54, 1.807) is 10.9 Å². The van der Waals surface area contributed by atoms with Crippen LogP contribution in [0.1, 0.15) is 24.4 Å². The van der Waals surface area contributed by atoms with E-state index in [1.807, 2.05) is 31.4 Å². The topological polar surface area (TPSA) is 42.7 Å². The van der Waals surface area contributed by atoms with Crippen LogP contribution in [0.15, 0.2) is 35.1 Å². The van der Waals surface area contributed by atoms with Crippen LogP contribution in [-0.2, 0) is 7.05 Å². The quantitative estimate of drug-likeness (QED) is 0.941. The van der Waals surface area contributed by atoms with Gasteiger partial charge in [-0.3, -0.25) is 9.67 Å². The first-order valence-corrected chi connectivity index (χ1v) is 6.35. The number of hydrogen-bond donors (Lipinski definition) is 1. The fourth-order valence-corrected chi connectivity index (χ4v) is 2.23. The lowest BCUT2D eigenvalue weighted by atomic mass is 10.1. The summed E-state index contributed by atoms with van der Waals surface area (Å²) in [5.74, 6) is 0. The van der Waals surface area contributed by atoms with E-state index in [2.05, 4.69) is 38.3 Å². The Bertz CT molecular complexity index is 495. The van der Waals surface area contributed by atoms with E-state index in [9.17, 15) is 0 Å². The maximum atomic E-state index is 4.44. The molecule has 90 valence electrons.